The number of nitrogens with two attached hydrogens (primary N) is 1. The number of halogens is 1. The van der Waals surface area contributed by atoms with Crippen LogP contribution >= 0.6 is 15.9 Å². The minimum absolute atomic E-state index is 0.00466. The lowest BCUT2D eigenvalue weighted by molar-refractivity contribution is 0.461. The van der Waals surface area contributed by atoms with Gasteiger partial charge in [-0.05, 0) is 49.1 Å². The number of hydrogen-bond acceptors (Lipinski definition) is 2. The van der Waals surface area contributed by atoms with Crippen LogP contribution in [0.1, 0.15) is 54.6 Å². The van der Waals surface area contributed by atoms with E-state index >= 15 is 0 Å². The van der Waals surface area contributed by atoms with Gasteiger partial charge in [-0.2, -0.15) is 5.10 Å². The summed E-state index contributed by atoms with van der Waals surface area (Å²) in [6, 6.07) is 9.00. The molecule has 0 saturated heterocycles. The fraction of sp³-hybridized carbons (Fsp3) is 0.471. The van der Waals surface area contributed by atoms with E-state index in [1.54, 1.807) is 0 Å². The van der Waals surface area contributed by atoms with Gasteiger partial charge >= 0.3 is 0 Å². The quantitative estimate of drug-likeness (QED) is 0.895. The van der Waals surface area contributed by atoms with Gasteiger partial charge in [-0.25, -0.2) is 0 Å². The molecule has 1 aliphatic rings. The Hall–Kier alpha value is -1.13. The van der Waals surface area contributed by atoms with Crippen LogP contribution in [0, 0.1) is 6.92 Å². The highest BCUT2D eigenvalue weighted by atomic mass is 79.9. The molecule has 21 heavy (non-hydrogen) atoms. The summed E-state index contributed by atoms with van der Waals surface area (Å²) in [5.74, 6) is 0. The Morgan fingerprint density at radius 3 is 2.81 bits per heavy atom. The molecule has 1 unspecified atom stereocenters. The van der Waals surface area contributed by atoms with Crippen LogP contribution in [-0.4, -0.2) is 9.78 Å². The first-order chi connectivity index (χ1) is 10.1. The zero-order valence-electron chi connectivity index (χ0n) is 12.4. The lowest BCUT2D eigenvalue weighted by atomic mass is 9.98. The van der Waals surface area contributed by atoms with Crippen LogP contribution in [0.25, 0.3) is 0 Å². The van der Waals surface area contributed by atoms with Crippen LogP contribution in [-0.2, 0) is 6.42 Å². The monoisotopic (exact) mass is 347 g/mol. The standard InChI is InChI=1S/C17H22BrN3/c1-12-10-13(18)6-7-16(12)17(19)11-14-8-9-21(20-14)15-4-2-3-5-15/h6-10,15,17H,2-5,11,19H2,1H3. The summed E-state index contributed by atoms with van der Waals surface area (Å²) in [7, 11) is 0. The summed E-state index contributed by atoms with van der Waals surface area (Å²) >= 11 is 3.50. The molecule has 1 aromatic heterocycles. The third-order valence-corrected chi connectivity index (χ3v) is 4.92. The lowest BCUT2D eigenvalue weighted by Gasteiger charge is -2.14. The molecule has 0 bridgehead atoms. The highest BCUT2D eigenvalue weighted by molar-refractivity contribution is 9.10. The average Bonchev–Trinajstić information content (AvgIpc) is 3.08. The van der Waals surface area contributed by atoms with Crippen molar-refractivity contribution in [1.82, 2.24) is 9.78 Å². The normalized spacial score (nSPS) is 17.3. The number of rotatable bonds is 4. The highest BCUT2D eigenvalue weighted by Gasteiger charge is 2.18. The maximum atomic E-state index is 6.38. The van der Waals surface area contributed by atoms with Crippen molar-refractivity contribution in [1.29, 1.82) is 0 Å². The van der Waals surface area contributed by atoms with E-state index in [0.29, 0.717) is 6.04 Å². The van der Waals surface area contributed by atoms with E-state index in [0.717, 1.165) is 16.6 Å². The third kappa shape index (κ3) is 3.38. The van der Waals surface area contributed by atoms with Crippen LogP contribution in [0.5, 0.6) is 0 Å². The molecule has 4 heteroatoms. The molecule has 0 amide bonds. The Morgan fingerprint density at radius 2 is 2.10 bits per heavy atom. The molecule has 1 heterocycles. The van der Waals surface area contributed by atoms with Crippen molar-refractivity contribution in [2.75, 3.05) is 0 Å². The molecule has 3 nitrogen and oxygen atoms in total. The van der Waals surface area contributed by atoms with Gasteiger partial charge in [-0.15, -0.1) is 0 Å². The molecular weight excluding hydrogens is 326 g/mol. The molecular formula is C17H22BrN3. The number of aryl methyl sites for hydroxylation is 1. The first-order valence-corrected chi connectivity index (χ1v) is 8.48. The van der Waals surface area contributed by atoms with Crippen molar-refractivity contribution in [2.45, 2.75) is 51.1 Å². The van der Waals surface area contributed by atoms with Gasteiger partial charge in [0.05, 0.1) is 11.7 Å². The van der Waals surface area contributed by atoms with Gasteiger partial charge in [-0.1, -0.05) is 34.8 Å². The summed E-state index contributed by atoms with van der Waals surface area (Å²) in [5, 5.41) is 4.73. The summed E-state index contributed by atoms with van der Waals surface area (Å²) < 4.78 is 3.24. The fourth-order valence-electron chi connectivity index (χ4n) is 3.25. The Kier molecular flexibility index (Phi) is 4.45. The maximum Gasteiger partial charge on any atom is 0.0643 e. The minimum Gasteiger partial charge on any atom is -0.324 e. The molecule has 3 rings (SSSR count). The summed E-state index contributed by atoms with van der Waals surface area (Å²) in [6.07, 6.45) is 8.10. The van der Waals surface area contributed by atoms with E-state index in [4.69, 9.17) is 10.8 Å². The smallest absolute Gasteiger partial charge is 0.0643 e. The van der Waals surface area contributed by atoms with Crippen molar-refractivity contribution < 1.29 is 0 Å². The van der Waals surface area contributed by atoms with E-state index in [9.17, 15) is 0 Å². The second kappa shape index (κ2) is 6.32. The van der Waals surface area contributed by atoms with E-state index in [-0.39, 0.29) is 6.04 Å². The first-order valence-electron chi connectivity index (χ1n) is 7.69. The minimum atomic E-state index is 0.00466. The Morgan fingerprint density at radius 1 is 1.33 bits per heavy atom. The van der Waals surface area contributed by atoms with E-state index in [1.807, 2.05) is 0 Å². The molecule has 1 saturated carbocycles. The van der Waals surface area contributed by atoms with Crippen LogP contribution in [0.3, 0.4) is 0 Å². The topological polar surface area (TPSA) is 43.8 Å². The molecule has 1 aromatic carbocycles. The van der Waals surface area contributed by atoms with Gasteiger partial charge in [-0.3, -0.25) is 4.68 Å². The van der Waals surface area contributed by atoms with Crippen molar-refractivity contribution >= 4 is 15.9 Å². The lowest BCUT2D eigenvalue weighted by Crippen LogP contribution is -2.15. The van der Waals surface area contributed by atoms with Gasteiger partial charge in [0.1, 0.15) is 0 Å². The van der Waals surface area contributed by atoms with Crippen molar-refractivity contribution in [3.05, 3.63) is 51.8 Å². The zero-order valence-corrected chi connectivity index (χ0v) is 14.0. The number of aromatic nitrogens is 2. The summed E-state index contributed by atoms with van der Waals surface area (Å²) in [6.45, 7) is 2.11. The Labute approximate surface area is 134 Å². The van der Waals surface area contributed by atoms with Gasteiger partial charge in [0.25, 0.3) is 0 Å². The highest BCUT2D eigenvalue weighted by Crippen LogP contribution is 2.29. The molecule has 1 aliphatic carbocycles. The third-order valence-electron chi connectivity index (χ3n) is 4.42. The van der Waals surface area contributed by atoms with E-state index in [2.05, 4.69) is 58.0 Å². The predicted octanol–water partition coefficient (Wildman–Crippen LogP) is 4.31. The number of benzene rings is 1. The second-order valence-electron chi connectivity index (χ2n) is 6.04. The zero-order chi connectivity index (χ0) is 14.8. The van der Waals surface area contributed by atoms with Crippen molar-refractivity contribution in [2.24, 2.45) is 5.73 Å². The number of hydrogen-bond donors (Lipinski definition) is 1. The van der Waals surface area contributed by atoms with Gasteiger partial charge in [0.15, 0.2) is 0 Å². The van der Waals surface area contributed by atoms with Crippen molar-refractivity contribution in [3.63, 3.8) is 0 Å². The molecule has 2 aromatic rings. The van der Waals surface area contributed by atoms with E-state index < -0.39 is 0 Å². The molecule has 0 spiro atoms. The largest absolute Gasteiger partial charge is 0.324 e. The molecule has 1 fully saturated rings. The summed E-state index contributed by atoms with van der Waals surface area (Å²) in [4.78, 5) is 0. The van der Waals surface area contributed by atoms with E-state index in [1.165, 1.54) is 36.8 Å². The van der Waals surface area contributed by atoms with Crippen LogP contribution in [0.4, 0.5) is 0 Å². The first kappa shape index (κ1) is 14.8. The predicted molar refractivity (Wildman–Crippen MR) is 89.2 cm³/mol. The van der Waals surface area contributed by atoms with Gasteiger partial charge < -0.3 is 5.73 Å². The molecule has 0 radical (unpaired) electrons. The molecule has 0 aliphatic heterocycles. The number of nitrogens with zero attached hydrogens (tertiary/aromatic N) is 2. The fourth-order valence-corrected chi connectivity index (χ4v) is 3.72. The van der Waals surface area contributed by atoms with Gasteiger partial charge in [0, 0.05) is 23.1 Å². The Balaban J connectivity index is 1.70. The maximum absolute atomic E-state index is 6.38. The summed E-state index contributed by atoms with van der Waals surface area (Å²) in [5.41, 5.74) is 9.90. The second-order valence-corrected chi connectivity index (χ2v) is 6.95. The molecule has 2 N–H and O–H groups in total. The van der Waals surface area contributed by atoms with Crippen LogP contribution in [0.15, 0.2) is 34.9 Å². The molecule has 112 valence electrons. The van der Waals surface area contributed by atoms with Crippen LogP contribution in [0.2, 0.25) is 0 Å². The van der Waals surface area contributed by atoms with Crippen molar-refractivity contribution in [3.8, 4) is 0 Å². The van der Waals surface area contributed by atoms with Crippen LogP contribution < -0.4 is 5.73 Å². The van der Waals surface area contributed by atoms with Gasteiger partial charge in [0.2, 0.25) is 0 Å². The molecule has 1 atom stereocenters. The Bertz CT molecular complexity index is 614. The average molecular weight is 348 g/mol. The SMILES string of the molecule is Cc1cc(Br)ccc1C(N)Cc1ccn(C2CCCC2)n1.